The molecule has 0 aliphatic rings. The Morgan fingerprint density at radius 1 is 1.64 bits per heavy atom. The number of nitrogens with two attached hydrogens (primary N) is 1. The number of rotatable bonds is 5. The van der Waals surface area contributed by atoms with Gasteiger partial charge >= 0.3 is 0 Å². The predicted molar refractivity (Wildman–Crippen MR) is 66.6 cm³/mol. The van der Waals surface area contributed by atoms with Crippen LogP contribution in [-0.2, 0) is 6.54 Å². The maximum Gasteiger partial charge on any atom is 0.0328 e. The lowest BCUT2D eigenvalue weighted by Gasteiger charge is -2.25. The van der Waals surface area contributed by atoms with Crippen LogP contribution in [0.15, 0.2) is 15.9 Å². The lowest BCUT2D eigenvalue weighted by molar-refractivity contribution is 0.235. The standard InChI is InChI=1S/C10H17BrN2S/c1-3-9(5-12)13(2)6-10-4-8(11)7-14-10/h4,7,9H,3,5-6,12H2,1-2H3. The van der Waals surface area contributed by atoms with Gasteiger partial charge in [0.15, 0.2) is 0 Å². The summed E-state index contributed by atoms with van der Waals surface area (Å²) in [4.78, 5) is 3.70. The second kappa shape index (κ2) is 5.85. The molecular formula is C10H17BrN2S. The fourth-order valence-electron chi connectivity index (χ4n) is 1.47. The highest BCUT2D eigenvalue weighted by atomic mass is 79.9. The van der Waals surface area contributed by atoms with Crippen LogP contribution in [0.25, 0.3) is 0 Å². The lowest BCUT2D eigenvalue weighted by atomic mass is 10.2. The maximum absolute atomic E-state index is 5.70. The van der Waals surface area contributed by atoms with Gasteiger partial charge in [-0.3, -0.25) is 4.90 Å². The van der Waals surface area contributed by atoms with E-state index >= 15 is 0 Å². The van der Waals surface area contributed by atoms with Crippen LogP contribution in [0.3, 0.4) is 0 Å². The van der Waals surface area contributed by atoms with Crippen LogP contribution in [0.5, 0.6) is 0 Å². The van der Waals surface area contributed by atoms with Gasteiger partial charge < -0.3 is 5.73 Å². The molecule has 0 aliphatic carbocycles. The summed E-state index contributed by atoms with van der Waals surface area (Å²) in [5.74, 6) is 0. The number of nitrogens with zero attached hydrogens (tertiary/aromatic N) is 1. The molecule has 0 aromatic carbocycles. The van der Waals surface area contributed by atoms with Gasteiger partial charge in [-0.2, -0.15) is 0 Å². The van der Waals surface area contributed by atoms with E-state index in [9.17, 15) is 0 Å². The quantitative estimate of drug-likeness (QED) is 0.896. The summed E-state index contributed by atoms with van der Waals surface area (Å²) in [6, 6.07) is 2.67. The van der Waals surface area contributed by atoms with Gasteiger partial charge in [0.25, 0.3) is 0 Å². The number of likely N-dealkylation sites (N-methyl/N-ethyl adjacent to an activating group) is 1. The second-order valence-corrected chi connectivity index (χ2v) is 5.36. The number of thiophene rings is 1. The molecule has 0 spiro atoms. The van der Waals surface area contributed by atoms with E-state index < -0.39 is 0 Å². The third-order valence-corrected chi connectivity index (χ3v) is 4.08. The van der Waals surface area contributed by atoms with Crippen molar-refractivity contribution in [3.05, 3.63) is 20.8 Å². The van der Waals surface area contributed by atoms with Crippen molar-refractivity contribution in [3.8, 4) is 0 Å². The summed E-state index contributed by atoms with van der Waals surface area (Å²) in [5, 5.41) is 2.12. The first-order valence-electron chi connectivity index (χ1n) is 4.80. The molecule has 0 amide bonds. The van der Waals surface area contributed by atoms with E-state index in [4.69, 9.17) is 5.73 Å². The van der Waals surface area contributed by atoms with Crippen molar-refractivity contribution in [1.82, 2.24) is 4.90 Å². The smallest absolute Gasteiger partial charge is 0.0328 e. The predicted octanol–water partition coefficient (Wildman–Crippen LogP) is 2.68. The van der Waals surface area contributed by atoms with Crippen molar-refractivity contribution in [2.45, 2.75) is 25.9 Å². The van der Waals surface area contributed by atoms with Crippen LogP contribution in [0.4, 0.5) is 0 Å². The normalized spacial score (nSPS) is 13.5. The lowest BCUT2D eigenvalue weighted by Crippen LogP contribution is -2.36. The van der Waals surface area contributed by atoms with Gasteiger partial charge in [0.05, 0.1) is 0 Å². The van der Waals surface area contributed by atoms with Crippen molar-refractivity contribution in [2.24, 2.45) is 5.73 Å². The molecule has 1 atom stereocenters. The summed E-state index contributed by atoms with van der Waals surface area (Å²) in [6.07, 6.45) is 1.11. The molecular weight excluding hydrogens is 260 g/mol. The first-order valence-corrected chi connectivity index (χ1v) is 6.47. The van der Waals surface area contributed by atoms with Crippen LogP contribution in [0.2, 0.25) is 0 Å². The second-order valence-electron chi connectivity index (χ2n) is 3.44. The number of halogens is 1. The van der Waals surface area contributed by atoms with Crippen molar-refractivity contribution >= 4 is 27.3 Å². The van der Waals surface area contributed by atoms with E-state index in [0.29, 0.717) is 6.04 Å². The SMILES string of the molecule is CCC(CN)N(C)Cc1cc(Br)cs1. The molecule has 1 aromatic heterocycles. The van der Waals surface area contributed by atoms with Crippen molar-refractivity contribution in [2.75, 3.05) is 13.6 Å². The maximum atomic E-state index is 5.70. The molecule has 0 fully saturated rings. The van der Waals surface area contributed by atoms with Crippen LogP contribution >= 0.6 is 27.3 Å². The van der Waals surface area contributed by atoms with Gasteiger partial charge in [-0.05, 0) is 35.5 Å². The Balaban J connectivity index is 2.51. The Morgan fingerprint density at radius 2 is 2.36 bits per heavy atom. The number of hydrogen-bond acceptors (Lipinski definition) is 3. The molecule has 4 heteroatoms. The van der Waals surface area contributed by atoms with Gasteiger partial charge in [-0.1, -0.05) is 6.92 Å². The molecule has 1 heterocycles. The van der Waals surface area contributed by atoms with E-state index in [2.05, 4.69) is 46.2 Å². The van der Waals surface area contributed by atoms with Gasteiger partial charge in [-0.25, -0.2) is 0 Å². The third kappa shape index (κ3) is 3.35. The van der Waals surface area contributed by atoms with Crippen LogP contribution in [-0.4, -0.2) is 24.5 Å². The Morgan fingerprint density at radius 3 is 2.79 bits per heavy atom. The minimum atomic E-state index is 0.496. The Kier molecular flexibility index (Phi) is 5.09. The van der Waals surface area contributed by atoms with Gasteiger partial charge in [0, 0.05) is 33.9 Å². The molecule has 80 valence electrons. The molecule has 1 aromatic rings. The average Bonchev–Trinajstić information content (AvgIpc) is 2.53. The summed E-state index contributed by atoms with van der Waals surface area (Å²) < 4.78 is 1.17. The molecule has 0 radical (unpaired) electrons. The monoisotopic (exact) mass is 276 g/mol. The highest BCUT2D eigenvalue weighted by Crippen LogP contribution is 2.21. The van der Waals surface area contributed by atoms with E-state index in [0.717, 1.165) is 19.5 Å². The van der Waals surface area contributed by atoms with Gasteiger partial charge in [0.2, 0.25) is 0 Å². The zero-order chi connectivity index (χ0) is 10.6. The zero-order valence-corrected chi connectivity index (χ0v) is 11.1. The van der Waals surface area contributed by atoms with Crippen molar-refractivity contribution in [1.29, 1.82) is 0 Å². The molecule has 1 unspecified atom stereocenters. The van der Waals surface area contributed by atoms with Crippen molar-refractivity contribution < 1.29 is 0 Å². The Labute approximate surface area is 98.2 Å². The highest BCUT2D eigenvalue weighted by Gasteiger charge is 2.11. The Bertz CT molecular complexity index is 271. The molecule has 0 saturated carbocycles. The fourth-order valence-corrected chi connectivity index (χ4v) is 2.98. The van der Waals surface area contributed by atoms with Crippen LogP contribution in [0, 0.1) is 0 Å². The van der Waals surface area contributed by atoms with Crippen molar-refractivity contribution in [3.63, 3.8) is 0 Å². The van der Waals surface area contributed by atoms with Gasteiger partial charge in [0.1, 0.15) is 0 Å². The molecule has 0 aliphatic heterocycles. The first-order chi connectivity index (χ1) is 6.67. The molecule has 0 bridgehead atoms. The first kappa shape index (κ1) is 12.2. The summed E-state index contributed by atoms with van der Waals surface area (Å²) >= 11 is 5.25. The highest BCUT2D eigenvalue weighted by molar-refractivity contribution is 9.10. The fraction of sp³-hybridized carbons (Fsp3) is 0.600. The van der Waals surface area contributed by atoms with Gasteiger partial charge in [-0.15, -0.1) is 11.3 Å². The van der Waals surface area contributed by atoms with E-state index in [1.54, 1.807) is 11.3 Å². The average molecular weight is 277 g/mol. The summed E-state index contributed by atoms with van der Waals surface area (Å²) in [7, 11) is 2.13. The Hall–Kier alpha value is 0.1000. The molecule has 2 N–H and O–H groups in total. The molecule has 14 heavy (non-hydrogen) atoms. The molecule has 0 saturated heterocycles. The minimum absolute atomic E-state index is 0.496. The summed E-state index contributed by atoms with van der Waals surface area (Å²) in [5.41, 5.74) is 5.70. The molecule has 2 nitrogen and oxygen atoms in total. The number of hydrogen-bond donors (Lipinski definition) is 1. The van der Waals surface area contributed by atoms with Crippen LogP contribution in [0.1, 0.15) is 18.2 Å². The van der Waals surface area contributed by atoms with E-state index in [1.807, 2.05) is 0 Å². The zero-order valence-electron chi connectivity index (χ0n) is 8.66. The minimum Gasteiger partial charge on any atom is -0.329 e. The van der Waals surface area contributed by atoms with E-state index in [1.165, 1.54) is 9.35 Å². The van der Waals surface area contributed by atoms with E-state index in [-0.39, 0.29) is 0 Å². The third-order valence-electron chi connectivity index (χ3n) is 2.39. The largest absolute Gasteiger partial charge is 0.329 e. The summed E-state index contributed by atoms with van der Waals surface area (Å²) in [6.45, 7) is 3.91. The van der Waals surface area contributed by atoms with Crippen LogP contribution < -0.4 is 5.73 Å². The topological polar surface area (TPSA) is 29.3 Å². The molecule has 1 rings (SSSR count).